The summed E-state index contributed by atoms with van der Waals surface area (Å²) in [5, 5.41) is 0. The van der Waals surface area contributed by atoms with Crippen molar-refractivity contribution in [2.24, 2.45) is 10.8 Å². The van der Waals surface area contributed by atoms with Crippen LogP contribution in [0.1, 0.15) is 19.8 Å². The van der Waals surface area contributed by atoms with E-state index in [0.29, 0.717) is 52.9 Å². The van der Waals surface area contributed by atoms with Crippen molar-refractivity contribution in [2.45, 2.75) is 19.8 Å². The molecule has 0 spiro atoms. The lowest BCUT2D eigenvalue weighted by molar-refractivity contribution is -0.128. The molecule has 7 nitrogen and oxygen atoms in total. The van der Waals surface area contributed by atoms with Gasteiger partial charge in [-0.05, 0) is 6.42 Å². The first-order valence-corrected chi connectivity index (χ1v) is 9.17. The number of unbranched alkanes of at least 4 members (excludes halogenated alkanes) is 1. The van der Waals surface area contributed by atoms with Gasteiger partial charge in [0.05, 0.1) is 63.7 Å². The predicted molar refractivity (Wildman–Crippen MR) is 101 cm³/mol. The molecule has 0 amide bonds. The van der Waals surface area contributed by atoms with Crippen LogP contribution in [0.25, 0.3) is 0 Å². The van der Waals surface area contributed by atoms with Gasteiger partial charge >= 0.3 is 0 Å². The summed E-state index contributed by atoms with van der Waals surface area (Å²) in [5.41, 5.74) is -0.705. The van der Waals surface area contributed by atoms with Crippen molar-refractivity contribution in [3.05, 3.63) is 0 Å². The van der Waals surface area contributed by atoms with Crippen LogP contribution >= 0.6 is 0 Å². The molecule has 0 N–H and O–H groups in total. The second kappa shape index (κ2) is 15.7. The van der Waals surface area contributed by atoms with E-state index in [1.165, 1.54) is 0 Å². The highest BCUT2D eigenvalue weighted by Gasteiger charge is 2.35. The highest BCUT2D eigenvalue weighted by molar-refractivity contribution is 4.82. The quantitative estimate of drug-likeness (QED) is 0.318. The molecule has 0 rings (SSSR count). The summed E-state index contributed by atoms with van der Waals surface area (Å²) in [6.45, 7) is 6.78. The number of hydrogen-bond acceptors (Lipinski definition) is 7. The highest BCUT2D eigenvalue weighted by atomic mass is 16.5. The van der Waals surface area contributed by atoms with Crippen molar-refractivity contribution in [2.75, 3.05) is 95.0 Å². The first kappa shape index (κ1) is 25.7. The molecule has 0 heterocycles. The molecule has 0 bridgehead atoms. The van der Waals surface area contributed by atoms with E-state index in [0.717, 1.165) is 19.4 Å². The molecule has 0 fully saturated rings. The van der Waals surface area contributed by atoms with Gasteiger partial charge in [-0.2, -0.15) is 0 Å². The second-order valence-electron chi connectivity index (χ2n) is 7.06. The standard InChI is InChI=1S/C19H40O7/c1-7-8-9-25-15-19(13-23-5,14-24-6)17-26-16-18(10-20-2,11-21-3)12-22-4/h7-17H2,1-6H3. The molecular formula is C19H40O7. The summed E-state index contributed by atoms with van der Waals surface area (Å²) >= 11 is 0. The Hall–Kier alpha value is -0.280. The average molecular weight is 381 g/mol. The fraction of sp³-hybridized carbons (Fsp3) is 1.00. The molecule has 0 aliphatic carbocycles. The topological polar surface area (TPSA) is 64.6 Å². The summed E-state index contributed by atoms with van der Waals surface area (Å²) in [6, 6.07) is 0. The number of rotatable bonds is 19. The lowest BCUT2D eigenvalue weighted by atomic mass is 9.90. The van der Waals surface area contributed by atoms with Gasteiger partial charge in [0.15, 0.2) is 0 Å². The fourth-order valence-electron chi connectivity index (χ4n) is 3.05. The SMILES string of the molecule is CCCCOCC(COC)(COC)COCC(COC)(COC)COC. The average Bonchev–Trinajstić information content (AvgIpc) is 2.60. The summed E-state index contributed by atoms with van der Waals surface area (Å²) in [6.07, 6.45) is 2.14. The Morgan fingerprint density at radius 1 is 0.500 bits per heavy atom. The maximum absolute atomic E-state index is 6.10. The molecule has 7 heteroatoms. The van der Waals surface area contributed by atoms with E-state index >= 15 is 0 Å². The highest BCUT2D eigenvalue weighted by Crippen LogP contribution is 2.24. The molecule has 0 unspecified atom stereocenters. The van der Waals surface area contributed by atoms with Gasteiger partial charge in [-0.1, -0.05) is 13.3 Å². The molecule has 0 aromatic heterocycles. The van der Waals surface area contributed by atoms with Gasteiger partial charge < -0.3 is 33.2 Å². The van der Waals surface area contributed by atoms with Crippen molar-refractivity contribution in [3.63, 3.8) is 0 Å². The first-order valence-electron chi connectivity index (χ1n) is 9.17. The van der Waals surface area contributed by atoms with E-state index in [1.54, 1.807) is 35.5 Å². The monoisotopic (exact) mass is 380 g/mol. The van der Waals surface area contributed by atoms with Gasteiger partial charge in [-0.15, -0.1) is 0 Å². The van der Waals surface area contributed by atoms with Crippen LogP contribution in [0.5, 0.6) is 0 Å². The molecule has 0 aromatic rings. The van der Waals surface area contributed by atoms with E-state index in [9.17, 15) is 0 Å². The van der Waals surface area contributed by atoms with Crippen LogP contribution in [-0.2, 0) is 33.2 Å². The Morgan fingerprint density at radius 3 is 1.19 bits per heavy atom. The van der Waals surface area contributed by atoms with Crippen LogP contribution < -0.4 is 0 Å². The molecular weight excluding hydrogens is 340 g/mol. The van der Waals surface area contributed by atoms with Crippen molar-refractivity contribution in [3.8, 4) is 0 Å². The Labute approximate surface area is 159 Å². The number of methoxy groups -OCH3 is 5. The summed E-state index contributed by atoms with van der Waals surface area (Å²) in [4.78, 5) is 0. The number of hydrogen-bond donors (Lipinski definition) is 0. The Morgan fingerprint density at radius 2 is 0.846 bits per heavy atom. The maximum atomic E-state index is 6.10. The van der Waals surface area contributed by atoms with Crippen LogP contribution in [0.2, 0.25) is 0 Å². The van der Waals surface area contributed by atoms with Crippen molar-refractivity contribution < 1.29 is 33.2 Å². The van der Waals surface area contributed by atoms with E-state index in [-0.39, 0.29) is 10.8 Å². The first-order chi connectivity index (χ1) is 12.6. The van der Waals surface area contributed by atoms with Gasteiger partial charge in [-0.25, -0.2) is 0 Å². The summed E-state index contributed by atoms with van der Waals surface area (Å²) in [5.74, 6) is 0. The normalized spacial score (nSPS) is 12.7. The largest absolute Gasteiger partial charge is 0.384 e. The van der Waals surface area contributed by atoms with E-state index in [4.69, 9.17) is 33.2 Å². The van der Waals surface area contributed by atoms with Gasteiger partial charge in [0.2, 0.25) is 0 Å². The van der Waals surface area contributed by atoms with Gasteiger partial charge in [0.25, 0.3) is 0 Å². The lowest BCUT2D eigenvalue weighted by Crippen LogP contribution is -2.45. The smallest absolute Gasteiger partial charge is 0.0637 e. The van der Waals surface area contributed by atoms with Crippen LogP contribution in [0.4, 0.5) is 0 Å². The fourth-order valence-corrected chi connectivity index (χ4v) is 3.05. The molecule has 0 aliphatic rings. The molecule has 0 aromatic carbocycles. The Balaban J connectivity index is 4.89. The minimum atomic E-state index is -0.354. The molecule has 0 radical (unpaired) electrons. The summed E-state index contributed by atoms with van der Waals surface area (Å²) < 4.78 is 38.9. The Bertz CT molecular complexity index is 289. The second-order valence-corrected chi connectivity index (χ2v) is 7.06. The molecule has 0 saturated carbocycles. The zero-order valence-corrected chi connectivity index (χ0v) is 17.6. The summed E-state index contributed by atoms with van der Waals surface area (Å²) in [7, 11) is 8.37. The zero-order chi connectivity index (χ0) is 19.7. The van der Waals surface area contributed by atoms with Crippen molar-refractivity contribution in [1.29, 1.82) is 0 Å². The predicted octanol–water partition coefficient (Wildman–Crippen LogP) is 2.02. The van der Waals surface area contributed by atoms with E-state index in [2.05, 4.69) is 6.92 Å². The zero-order valence-electron chi connectivity index (χ0n) is 17.6. The van der Waals surface area contributed by atoms with E-state index in [1.807, 2.05) is 0 Å². The van der Waals surface area contributed by atoms with Crippen LogP contribution in [0, 0.1) is 10.8 Å². The van der Waals surface area contributed by atoms with Crippen molar-refractivity contribution in [1.82, 2.24) is 0 Å². The molecule has 26 heavy (non-hydrogen) atoms. The lowest BCUT2D eigenvalue weighted by Gasteiger charge is -2.35. The Kier molecular flexibility index (Phi) is 15.6. The molecule has 158 valence electrons. The van der Waals surface area contributed by atoms with Crippen LogP contribution in [-0.4, -0.2) is 95.0 Å². The van der Waals surface area contributed by atoms with Gasteiger partial charge in [0, 0.05) is 42.2 Å². The molecule has 0 atom stereocenters. The third-order valence-corrected chi connectivity index (χ3v) is 4.12. The van der Waals surface area contributed by atoms with Crippen LogP contribution in [0.15, 0.2) is 0 Å². The third-order valence-electron chi connectivity index (χ3n) is 4.12. The minimum absolute atomic E-state index is 0.351. The number of ether oxygens (including phenoxy) is 7. The minimum Gasteiger partial charge on any atom is -0.384 e. The van der Waals surface area contributed by atoms with Crippen molar-refractivity contribution >= 4 is 0 Å². The third kappa shape index (κ3) is 10.2. The van der Waals surface area contributed by atoms with Gasteiger partial charge in [0.1, 0.15) is 0 Å². The maximum Gasteiger partial charge on any atom is 0.0637 e. The molecule has 0 saturated heterocycles. The van der Waals surface area contributed by atoms with Crippen LogP contribution in [0.3, 0.4) is 0 Å². The van der Waals surface area contributed by atoms with Gasteiger partial charge in [-0.3, -0.25) is 0 Å². The molecule has 0 aliphatic heterocycles. The van der Waals surface area contributed by atoms with E-state index < -0.39 is 0 Å².